The minimum absolute atomic E-state index is 0.0231. The first-order chi connectivity index (χ1) is 9.45. The van der Waals surface area contributed by atoms with Crippen LogP contribution in [-0.2, 0) is 6.42 Å². The summed E-state index contributed by atoms with van der Waals surface area (Å²) >= 11 is 3.18. The van der Waals surface area contributed by atoms with E-state index in [4.69, 9.17) is 0 Å². The largest absolute Gasteiger partial charge is 0.361 e. The predicted molar refractivity (Wildman–Crippen MR) is 78.7 cm³/mol. The summed E-state index contributed by atoms with van der Waals surface area (Å²) in [5.41, 5.74) is 1.84. The van der Waals surface area contributed by atoms with Crippen molar-refractivity contribution < 1.29 is 4.92 Å². The second-order valence-corrected chi connectivity index (χ2v) is 5.49. The van der Waals surface area contributed by atoms with E-state index in [9.17, 15) is 10.1 Å². The normalized spacial score (nSPS) is 12.2. The van der Waals surface area contributed by atoms with Crippen LogP contribution in [0.3, 0.4) is 0 Å². The van der Waals surface area contributed by atoms with Crippen molar-refractivity contribution in [3.05, 3.63) is 44.3 Å². The summed E-state index contributed by atoms with van der Waals surface area (Å²) in [6.45, 7) is 3.85. The molecule has 20 heavy (non-hydrogen) atoms. The van der Waals surface area contributed by atoms with E-state index in [1.165, 1.54) is 12.3 Å². The molecule has 2 aromatic rings. The lowest BCUT2D eigenvalue weighted by Crippen LogP contribution is -2.20. The standard InChI is InChI=1S/C12H14BrN5O2/c1-7(3-10-4-8(2)16-17-10)15-12-11(18(19)20)5-9(13)6-14-12/h4-7H,3H2,1-2H3,(H,14,15)(H,16,17). The first-order valence-corrected chi connectivity index (χ1v) is 6.82. The Morgan fingerprint density at radius 3 is 2.90 bits per heavy atom. The van der Waals surface area contributed by atoms with Gasteiger partial charge in [0, 0.05) is 34.9 Å². The number of halogens is 1. The lowest BCUT2D eigenvalue weighted by atomic mass is 10.2. The highest BCUT2D eigenvalue weighted by Crippen LogP contribution is 2.26. The van der Waals surface area contributed by atoms with Crippen molar-refractivity contribution in [3.63, 3.8) is 0 Å². The highest BCUT2D eigenvalue weighted by molar-refractivity contribution is 9.10. The maximum absolute atomic E-state index is 11.0. The van der Waals surface area contributed by atoms with Crippen molar-refractivity contribution in [2.45, 2.75) is 26.3 Å². The molecule has 7 nitrogen and oxygen atoms in total. The Morgan fingerprint density at radius 2 is 2.30 bits per heavy atom. The number of aryl methyl sites for hydroxylation is 1. The Balaban J connectivity index is 2.11. The molecule has 0 saturated heterocycles. The van der Waals surface area contributed by atoms with Crippen molar-refractivity contribution in [1.82, 2.24) is 15.2 Å². The number of nitro groups is 1. The topological polar surface area (TPSA) is 96.7 Å². The van der Waals surface area contributed by atoms with Crippen molar-refractivity contribution in [2.75, 3.05) is 5.32 Å². The van der Waals surface area contributed by atoms with Gasteiger partial charge in [0.2, 0.25) is 5.82 Å². The van der Waals surface area contributed by atoms with Gasteiger partial charge in [-0.25, -0.2) is 4.98 Å². The molecule has 0 fully saturated rings. The number of nitrogens with one attached hydrogen (secondary N) is 2. The molecule has 8 heteroatoms. The van der Waals surface area contributed by atoms with Gasteiger partial charge in [-0.05, 0) is 35.8 Å². The van der Waals surface area contributed by atoms with Crippen LogP contribution >= 0.6 is 15.9 Å². The predicted octanol–water partition coefficient (Wildman–Crippen LogP) is 2.83. The van der Waals surface area contributed by atoms with E-state index in [0.29, 0.717) is 10.9 Å². The van der Waals surface area contributed by atoms with Gasteiger partial charge in [-0.15, -0.1) is 0 Å². The van der Waals surface area contributed by atoms with Crippen LogP contribution in [0, 0.1) is 17.0 Å². The van der Waals surface area contributed by atoms with Crippen LogP contribution in [0.4, 0.5) is 11.5 Å². The van der Waals surface area contributed by atoms with Crippen LogP contribution in [0.2, 0.25) is 0 Å². The molecule has 1 unspecified atom stereocenters. The van der Waals surface area contributed by atoms with Crippen LogP contribution in [-0.4, -0.2) is 26.1 Å². The molecule has 2 aromatic heterocycles. The minimum atomic E-state index is -0.453. The molecule has 0 spiro atoms. The van der Waals surface area contributed by atoms with E-state index >= 15 is 0 Å². The Bertz CT molecular complexity index is 628. The molecule has 0 bridgehead atoms. The molecule has 0 amide bonds. The third kappa shape index (κ3) is 3.53. The zero-order valence-electron chi connectivity index (χ0n) is 11.1. The zero-order valence-corrected chi connectivity index (χ0v) is 12.6. The van der Waals surface area contributed by atoms with Crippen LogP contribution in [0.15, 0.2) is 22.8 Å². The maximum Gasteiger partial charge on any atom is 0.312 e. The smallest absolute Gasteiger partial charge is 0.312 e. The van der Waals surface area contributed by atoms with E-state index in [2.05, 4.69) is 36.4 Å². The van der Waals surface area contributed by atoms with Gasteiger partial charge in [0.1, 0.15) is 0 Å². The summed E-state index contributed by atoms with van der Waals surface area (Å²) in [7, 11) is 0. The highest BCUT2D eigenvalue weighted by Gasteiger charge is 2.18. The monoisotopic (exact) mass is 339 g/mol. The summed E-state index contributed by atoms with van der Waals surface area (Å²) in [6.07, 6.45) is 2.18. The molecule has 0 aliphatic carbocycles. The number of rotatable bonds is 5. The molecule has 0 aromatic carbocycles. The quantitative estimate of drug-likeness (QED) is 0.644. The van der Waals surface area contributed by atoms with Crippen LogP contribution in [0.1, 0.15) is 18.3 Å². The maximum atomic E-state index is 11.0. The third-order valence-corrected chi connectivity index (χ3v) is 3.12. The fraction of sp³-hybridized carbons (Fsp3) is 0.333. The Kier molecular flexibility index (Phi) is 4.33. The average molecular weight is 340 g/mol. The lowest BCUT2D eigenvalue weighted by Gasteiger charge is -2.13. The Labute approximate surface area is 124 Å². The van der Waals surface area contributed by atoms with Crippen LogP contribution in [0.5, 0.6) is 0 Å². The van der Waals surface area contributed by atoms with Crippen molar-refractivity contribution in [3.8, 4) is 0 Å². The van der Waals surface area contributed by atoms with Crippen LogP contribution in [0.25, 0.3) is 0 Å². The Morgan fingerprint density at radius 1 is 1.55 bits per heavy atom. The molecular formula is C12H14BrN5O2. The SMILES string of the molecule is Cc1cc(CC(C)Nc2ncc(Br)cc2[N+](=O)[O-])n[nH]1. The first kappa shape index (κ1) is 14.4. The molecule has 0 aliphatic rings. The summed E-state index contributed by atoms with van der Waals surface area (Å²) in [5.74, 6) is 0.262. The van der Waals surface area contributed by atoms with E-state index in [1.807, 2.05) is 19.9 Å². The van der Waals surface area contributed by atoms with Crippen molar-refractivity contribution in [1.29, 1.82) is 0 Å². The summed E-state index contributed by atoms with van der Waals surface area (Å²) in [6, 6.07) is 3.35. The molecule has 2 N–H and O–H groups in total. The molecule has 106 valence electrons. The summed E-state index contributed by atoms with van der Waals surface area (Å²) in [4.78, 5) is 14.6. The highest BCUT2D eigenvalue weighted by atomic mass is 79.9. The van der Waals surface area contributed by atoms with Gasteiger partial charge in [-0.2, -0.15) is 5.10 Å². The average Bonchev–Trinajstić information content (AvgIpc) is 2.76. The summed E-state index contributed by atoms with van der Waals surface area (Å²) in [5, 5.41) is 21.1. The van der Waals surface area contributed by atoms with Crippen molar-refractivity contribution >= 4 is 27.4 Å². The molecule has 1 atom stereocenters. The second-order valence-electron chi connectivity index (χ2n) is 4.57. The van der Waals surface area contributed by atoms with Gasteiger partial charge in [0.15, 0.2) is 0 Å². The zero-order chi connectivity index (χ0) is 14.7. The number of nitrogens with zero attached hydrogens (tertiary/aromatic N) is 3. The fourth-order valence-electron chi connectivity index (χ4n) is 1.86. The van der Waals surface area contributed by atoms with Gasteiger partial charge in [-0.3, -0.25) is 15.2 Å². The van der Waals surface area contributed by atoms with Gasteiger partial charge < -0.3 is 5.32 Å². The van der Waals surface area contributed by atoms with Gasteiger partial charge in [-0.1, -0.05) is 0 Å². The van der Waals surface area contributed by atoms with E-state index in [-0.39, 0.29) is 17.5 Å². The number of aromatic nitrogens is 3. The number of H-pyrrole nitrogens is 1. The number of hydrogen-bond donors (Lipinski definition) is 2. The summed E-state index contributed by atoms with van der Waals surface area (Å²) < 4.78 is 0.574. The van der Waals surface area contributed by atoms with Gasteiger partial charge in [0.05, 0.1) is 10.6 Å². The first-order valence-electron chi connectivity index (χ1n) is 6.03. The van der Waals surface area contributed by atoms with E-state index in [1.54, 1.807) is 0 Å². The molecule has 2 rings (SSSR count). The molecule has 0 saturated carbocycles. The minimum Gasteiger partial charge on any atom is -0.361 e. The number of aromatic amines is 1. The molecule has 0 aliphatic heterocycles. The lowest BCUT2D eigenvalue weighted by molar-refractivity contribution is -0.384. The number of pyridine rings is 1. The molecular weight excluding hydrogens is 326 g/mol. The Hall–Kier alpha value is -1.96. The second kappa shape index (κ2) is 6.00. The van der Waals surface area contributed by atoms with Crippen LogP contribution < -0.4 is 5.32 Å². The van der Waals surface area contributed by atoms with Gasteiger partial charge >= 0.3 is 5.69 Å². The van der Waals surface area contributed by atoms with Crippen molar-refractivity contribution in [2.24, 2.45) is 0 Å². The molecule has 2 heterocycles. The van der Waals surface area contributed by atoms with E-state index < -0.39 is 4.92 Å². The van der Waals surface area contributed by atoms with Gasteiger partial charge in [0.25, 0.3) is 0 Å². The third-order valence-electron chi connectivity index (χ3n) is 2.69. The molecule has 0 radical (unpaired) electrons. The number of anilines is 1. The van der Waals surface area contributed by atoms with E-state index in [0.717, 1.165) is 11.4 Å². The number of hydrogen-bond acceptors (Lipinski definition) is 5. The fourth-order valence-corrected chi connectivity index (χ4v) is 2.18.